The quantitative estimate of drug-likeness (QED) is 0.845. The van der Waals surface area contributed by atoms with Crippen molar-refractivity contribution >= 4 is 41.3 Å². The lowest BCUT2D eigenvalue weighted by Crippen LogP contribution is -2.42. The van der Waals surface area contributed by atoms with Gasteiger partial charge in [0.05, 0.1) is 10.4 Å². The lowest BCUT2D eigenvalue weighted by atomic mass is 10.1. The molecule has 114 valence electrons. The van der Waals surface area contributed by atoms with E-state index in [9.17, 15) is 4.79 Å². The lowest BCUT2D eigenvalue weighted by molar-refractivity contribution is -0.122. The smallest absolute Gasteiger partial charge is 0.237 e. The molecule has 0 aliphatic rings. The highest BCUT2D eigenvalue weighted by Gasteiger charge is 2.13. The molecular formula is C15H18Cl2N2OS. The molecule has 3 N–H and O–H groups in total. The second-order valence-corrected chi connectivity index (χ2v) is 6.34. The van der Waals surface area contributed by atoms with Gasteiger partial charge in [-0.2, -0.15) is 0 Å². The molecule has 2 rings (SSSR count). The van der Waals surface area contributed by atoms with Gasteiger partial charge in [-0.1, -0.05) is 41.9 Å². The molecule has 1 atom stereocenters. The first-order valence-corrected chi connectivity index (χ1v) is 7.66. The summed E-state index contributed by atoms with van der Waals surface area (Å²) < 4.78 is 0.770. The summed E-state index contributed by atoms with van der Waals surface area (Å²) in [5.41, 5.74) is 6.97. The monoisotopic (exact) mass is 344 g/mol. The van der Waals surface area contributed by atoms with E-state index in [2.05, 4.69) is 5.32 Å². The number of nitrogens with two attached hydrogens (primary N) is 1. The molecule has 3 nitrogen and oxygen atoms in total. The van der Waals surface area contributed by atoms with Crippen LogP contribution >= 0.6 is 35.3 Å². The van der Waals surface area contributed by atoms with E-state index in [0.717, 1.165) is 21.2 Å². The molecule has 0 unspecified atom stereocenters. The standard InChI is InChI=1S/C15H17ClN2OS.ClH/c16-14-7-6-12(20-14)8-9-18-15(19)13(17)10-11-4-2-1-3-5-11;/h1-7,13H,8-10,17H2,(H,18,19);1H/t13-;/m0./s1. The van der Waals surface area contributed by atoms with Crippen molar-refractivity contribution in [1.82, 2.24) is 5.32 Å². The highest BCUT2D eigenvalue weighted by Crippen LogP contribution is 2.21. The second-order valence-electron chi connectivity index (χ2n) is 4.54. The Morgan fingerprint density at radius 1 is 1.24 bits per heavy atom. The maximum Gasteiger partial charge on any atom is 0.237 e. The molecule has 0 aliphatic heterocycles. The van der Waals surface area contributed by atoms with Crippen molar-refractivity contribution in [1.29, 1.82) is 0 Å². The van der Waals surface area contributed by atoms with Crippen molar-refractivity contribution < 1.29 is 4.79 Å². The average Bonchev–Trinajstić information content (AvgIpc) is 2.85. The molecular weight excluding hydrogens is 327 g/mol. The van der Waals surface area contributed by atoms with Crippen molar-refractivity contribution in [3.8, 4) is 0 Å². The van der Waals surface area contributed by atoms with Crippen LogP contribution in [-0.2, 0) is 17.6 Å². The first-order chi connectivity index (χ1) is 9.65. The Morgan fingerprint density at radius 2 is 1.95 bits per heavy atom. The highest BCUT2D eigenvalue weighted by atomic mass is 35.5. The Bertz CT molecular complexity index is 560. The van der Waals surface area contributed by atoms with E-state index in [4.69, 9.17) is 17.3 Å². The summed E-state index contributed by atoms with van der Waals surface area (Å²) in [5.74, 6) is -0.114. The van der Waals surface area contributed by atoms with E-state index in [1.165, 1.54) is 11.3 Å². The SMILES string of the molecule is Cl.N[C@@H](Cc1ccccc1)C(=O)NCCc1ccc(Cl)s1. The van der Waals surface area contributed by atoms with Gasteiger partial charge in [-0.15, -0.1) is 23.7 Å². The molecule has 1 aromatic carbocycles. The van der Waals surface area contributed by atoms with Gasteiger partial charge in [0.2, 0.25) is 5.91 Å². The Labute approximate surface area is 139 Å². The topological polar surface area (TPSA) is 55.1 Å². The number of carbonyl (C=O) groups is 1. The number of benzene rings is 1. The van der Waals surface area contributed by atoms with Crippen LogP contribution in [0.1, 0.15) is 10.4 Å². The Kier molecular flexibility index (Phi) is 7.75. The zero-order chi connectivity index (χ0) is 14.4. The van der Waals surface area contributed by atoms with Crippen LogP contribution in [0.4, 0.5) is 0 Å². The second kappa shape index (κ2) is 9.05. The molecule has 6 heteroatoms. The summed E-state index contributed by atoms with van der Waals surface area (Å²) in [7, 11) is 0. The van der Waals surface area contributed by atoms with Gasteiger partial charge in [-0.25, -0.2) is 0 Å². The summed E-state index contributed by atoms with van der Waals surface area (Å²) in [6.45, 7) is 0.582. The number of thiophene rings is 1. The molecule has 1 aromatic heterocycles. The molecule has 0 saturated heterocycles. The van der Waals surface area contributed by atoms with Crippen molar-refractivity contribution in [3.63, 3.8) is 0 Å². The minimum Gasteiger partial charge on any atom is -0.354 e. The third kappa shape index (κ3) is 6.06. The van der Waals surface area contributed by atoms with Gasteiger partial charge in [0, 0.05) is 11.4 Å². The molecule has 1 heterocycles. The van der Waals surface area contributed by atoms with E-state index in [0.29, 0.717) is 13.0 Å². The minimum atomic E-state index is -0.510. The number of amides is 1. The van der Waals surface area contributed by atoms with Crippen LogP contribution in [0.15, 0.2) is 42.5 Å². The first kappa shape index (κ1) is 18.0. The van der Waals surface area contributed by atoms with Gasteiger partial charge in [0.15, 0.2) is 0 Å². The number of carbonyl (C=O) groups excluding carboxylic acids is 1. The van der Waals surface area contributed by atoms with Crippen LogP contribution in [0.25, 0.3) is 0 Å². The van der Waals surface area contributed by atoms with Crippen LogP contribution < -0.4 is 11.1 Å². The van der Waals surface area contributed by atoms with Crippen LogP contribution in [-0.4, -0.2) is 18.5 Å². The lowest BCUT2D eigenvalue weighted by Gasteiger charge is -2.12. The summed E-state index contributed by atoms with van der Waals surface area (Å²) in [4.78, 5) is 13.0. The zero-order valence-corrected chi connectivity index (χ0v) is 13.8. The van der Waals surface area contributed by atoms with Crippen LogP contribution in [0.2, 0.25) is 4.34 Å². The van der Waals surface area contributed by atoms with Gasteiger partial charge in [-0.05, 0) is 30.5 Å². The molecule has 0 radical (unpaired) electrons. The number of rotatable bonds is 6. The maximum absolute atomic E-state index is 11.9. The van der Waals surface area contributed by atoms with Gasteiger partial charge in [0.1, 0.15) is 0 Å². The Hall–Kier alpha value is -1.07. The summed E-state index contributed by atoms with van der Waals surface area (Å²) in [6.07, 6.45) is 1.33. The fraction of sp³-hybridized carbons (Fsp3) is 0.267. The third-order valence-corrected chi connectivity index (χ3v) is 4.23. The summed E-state index contributed by atoms with van der Waals surface area (Å²) in [5, 5.41) is 2.86. The number of hydrogen-bond donors (Lipinski definition) is 2. The summed E-state index contributed by atoms with van der Waals surface area (Å²) in [6, 6.07) is 13.1. The number of hydrogen-bond acceptors (Lipinski definition) is 3. The molecule has 0 aliphatic carbocycles. The van der Waals surface area contributed by atoms with E-state index >= 15 is 0 Å². The molecule has 0 fully saturated rings. The minimum absolute atomic E-state index is 0. The molecule has 0 bridgehead atoms. The fourth-order valence-corrected chi connectivity index (χ4v) is 2.97. The van der Waals surface area contributed by atoms with E-state index < -0.39 is 6.04 Å². The Balaban J connectivity index is 0.00000220. The zero-order valence-electron chi connectivity index (χ0n) is 11.4. The van der Waals surface area contributed by atoms with Gasteiger partial charge < -0.3 is 11.1 Å². The van der Waals surface area contributed by atoms with Crippen molar-refractivity contribution in [3.05, 3.63) is 57.2 Å². The van der Waals surface area contributed by atoms with E-state index in [-0.39, 0.29) is 18.3 Å². The molecule has 1 amide bonds. The van der Waals surface area contributed by atoms with Gasteiger partial charge in [0.25, 0.3) is 0 Å². The fourth-order valence-electron chi connectivity index (χ4n) is 1.89. The van der Waals surface area contributed by atoms with E-state index in [1.54, 1.807) is 0 Å². The number of halogens is 2. The maximum atomic E-state index is 11.9. The van der Waals surface area contributed by atoms with Gasteiger partial charge in [-0.3, -0.25) is 4.79 Å². The first-order valence-electron chi connectivity index (χ1n) is 6.46. The van der Waals surface area contributed by atoms with Crippen molar-refractivity contribution in [2.75, 3.05) is 6.54 Å². The molecule has 0 saturated carbocycles. The van der Waals surface area contributed by atoms with Crippen LogP contribution in [0.5, 0.6) is 0 Å². The number of nitrogens with one attached hydrogen (secondary N) is 1. The Morgan fingerprint density at radius 3 is 2.57 bits per heavy atom. The third-order valence-electron chi connectivity index (χ3n) is 2.93. The van der Waals surface area contributed by atoms with Crippen LogP contribution in [0, 0.1) is 0 Å². The predicted molar refractivity (Wildman–Crippen MR) is 91.4 cm³/mol. The molecule has 0 spiro atoms. The van der Waals surface area contributed by atoms with Crippen molar-refractivity contribution in [2.24, 2.45) is 5.73 Å². The normalized spacial score (nSPS) is 11.5. The predicted octanol–water partition coefficient (Wildman–Crippen LogP) is 3.05. The van der Waals surface area contributed by atoms with Gasteiger partial charge >= 0.3 is 0 Å². The van der Waals surface area contributed by atoms with Crippen LogP contribution in [0.3, 0.4) is 0 Å². The summed E-state index contributed by atoms with van der Waals surface area (Å²) >= 11 is 7.39. The van der Waals surface area contributed by atoms with Crippen molar-refractivity contribution in [2.45, 2.75) is 18.9 Å². The highest BCUT2D eigenvalue weighted by molar-refractivity contribution is 7.16. The average molecular weight is 345 g/mol. The van der Waals surface area contributed by atoms with E-state index in [1.807, 2.05) is 42.5 Å². The molecule has 2 aromatic rings. The molecule has 21 heavy (non-hydrogen) atoms. The largest absolute Gasteiger partial charge is 0.354 e.